The van der Waals surface area contributed by atoms with Crippen LogP contribution in [0.15, 0.2) is 6.07 Å². The zero-order valence-electron chi connectivity index (χ0n) is 7.27. The summed E-state index contributed by atoms with van der Waals surface area (Å²) < 4.78 is 35.2. The number of halogens is 3. The zero-order valence-corrected chi connectivity index (χ0v) is 7.27. The van der Waals surface area contributed by atoms with Crippen molar-refractivity contribution in [3.05, 3.63) is 11.8 Å². The van der Waals surface area contributed by atoms with Gasteiger partial charge in [0.2, 0.25) is 5.91 Å². The Bertz CT molecular complexity index is 331. The minimum atomic E-state index is -4.49. The second-order valence-corrected chi connectivity index (χ2v) is 2.78. The van der Waals surface area contributed by atoms with Crippen LogP contribution in [-0.2, 0) is 4.79 Å². The predicted octanol–water partition coefficient (Wildman–Crippen LogP) is 1.61. The number of nitrogens with one attached hydrogen (secondary N) is 2. The highest BCUT2D eigenvalue weighted by molar-refractivity contribution is 5.90. The lowest BCUT2D eigenvalue weighted by Gasteiger charge is -2.04. The normalized spacial score (nSPS) is 11.4. The molecule has 4 nitrogen and oxygen atoms in total. The molecular formula is C7H8F3N3O. The molecule has 0 aliphatic heterocycles. The Morgan fingerprint density at radius 2 is 2.29 bits per heavy atom. The van der Waals surface area contributed by atoms with Gasteiger partial charge < -0.3 is 5.32 Å². The summed E-state index contributed by atoms with van der Waals surface area (Å²) in [7, 11) is 0. The number of aromatic nitrogens is 2. The van der Waals surface area contributed by atoms with Gasteiger partial charge in [-0.15, -0.1) is 0 Å². The summed E-state index contributed by atoms with van der Waals surface area (Å²) in [4.78, 5) is 10.8. The third-order valence-electron chi connectivity index (χ3n) is 1.33. The SMILES string of the molecule is Cc1cc(NC(=O)CC(F)(F)F)n[nH]1. The van der Waals surface area contributed by atoms with Gasteiger partial charge in [-0.2, -0.15) is 18.3 Å². The molecule has 78 valence electrons. The second-order valence-electron chi connectivity index (χ2n) is 2.78. The summed E-state index contributed by atoms with van der Waals surface area (Å²) in [6, 6.07) is 1.44. The third-order valence-corrected chi connectivity index (χ3v) is 1.33. The standard InChI is InChI=1S/C7H8F3N3O/c1-4-2-5(13-12-4)11-6(14)3-7(8,9)10/h2H,3H2,1H3,(H2,11,12,13,14). The molecule has 14 heavy (non-hydrogen) atoms. The van der Waals surface area contributed by atoms with Gasteiger partial charge in [0, 0.05) is 11.8 Å². The van der Waals surface area contributed by atoms with Crippen LogP contribution in [0.4, 0.5) is 19.0 Å². The number of aryl methyl sites for hydroxylation is 1. The molecule has 1 aromatic rings. The van der Waals surface area contributed by atoms with Gasteiger partial charge in [-0.25, -0.2) is 0 Å². The first-order valence-corrected chi connectivity index (χ1v) is 3.75. The van der Waals surface area contributed by atoms with E-state index in [2.05, 4.69) is 10.2 Å². The van der Waals surface area contributed by atoms with Crippen LogP contribution in [0.5, 0.6) is 0 Å². The lowest BCUT2D eigenvalue weighted by Crippen LogP contribution is -2.21. The van der Waals surface area contributed by atoms with Gasteiger partial charge in [-0.1, -0.05) is 0 Å². The van der Waals surface area contributed by atoms with Gasteiger partial charge in [-0.3, -0.25) is 9.89 Å². The molecule has 0 saturated carbocycles. The largest absolute Gasteiger partial charge is 0.397 e. The average molecular weight is 207 g/mol. The van der Waals surface area contributed by atoms with Crippen molar-refractivity contribution in [2.45, 2.75) is 19.5 Å². The maximum atomic E-state index is 11.7. The maximum Gasteiger partial charge on any atom is 0.397 e. The van der Waals surface area contributed by atoms with E-state index in [1.807, 2.05) is 5.32 Å². The van der Waals surface area contributed by atoms with E-state index in [0.717, 1.165) is 0 Å². The molecule has 2 N–H and O–H groups in total. The highest BCUT2D eigenvalue weighted by atomic mass is 19.4. The molecule has 0 saturated heterocycles. The third kappa shape index (κ3) is 3.46. The fourth-order valence-electron chi connectivity index (χ4n) is 0.851. The Morgan fingerprint density at radius 3 is 2.71 bits per heavy atom. The lowest BCUT2D eigenvalue weighted by molar-refractivity contribution is -0.150. The first kappa shape index (κ1) is 10.6. The van der Waals surface area contributed by atoms with Crippen LogP contribution >= 0.6 is 0 Å². The molecule has 0 aromatic carbocycles. The van der Waals surface area contributed by atoms with Crippen LogP contribution in [0.1, 0.15) is 12.1 Å². The van der Waals surface area contributed by atoms with Crippen LogP contribution in [-0.4, -0.2) is 22.3 Å². The Morgan fingerprint density at radius 1 is 1.64 bits per heavy atom. The van der Waals surface area contributed by atoms with Crippen LogP contribution in [0.25, 0.3) is 0 Å². The minimum Gasteiger partial charge on any atom is -0.309 e. The number of anilines is 1. The number of aromatic amines is 1. The van der Waals surface area contributed by atoms with Gasteiger partial charge in [0.25, 0.3) is 0 Å². The first-order valence-electron chi connectivity index (χ1n) is 3.75. The van der Waals surface area contributed by atoms with Gasteiger partial charge in [0.05, 0.1) is 0 Å². The van der Waals surface area contributed by atoms with Crippen molar-refractivity contribution in [3.8, 4) is 0 Å². The van der Waals surface area contributed by atoms with E-state index in [9.17, 15) is 18.0 Å². The lowest BCUT2D eigenvalue weighted by atomic mass is 10.4. The Kier molecular flexibility index (Phi) is 2.78. The van der Waals surface area contributed by atoms with Crippen molar-refractivity contribution < 1.29 is 18.0 Å². The monoisotopic (exact) mass is 207 g/mol. The van der Waals surface area contributed by atoms with Crippen LogP contribution in [0.2, 0.25) is 0 Å². The van der Waals surface area contributed by atoms with Crippen LogP contribution in [0.3, 0.4) is 0 Å². The Balaban J connectivity index is 2.50. The molecule has 0 unspecified atom stereocenters. The van der Waals surface area contributed by atoms with Crippen molar-refractivity contribution in [1.82, 2.24) is 10.2 Å². The number of rotatable bonds is 2. The number of carbonyl (C=O) groups excluding carboxylic acids is 1. The highest BCUT2D eigenvalue weighted by Crippen LogP contribution is 2.19. The first-order chi connectivity index (χ1) is 6.37. The fraction of sp³-hybridized carbons (Fsp3) is 0.429. The second kappa shape index (κ2) is 3.69. The number of alkyl halides is 3. The van der Waals surface area contributed by atoms with E-state index in [1.165, 1.54) is 6.07 Å². The molecular weight excluding hydrogens is 199 g/mol. The van der Waals surface area contributed by atoms with E-state index in [1.54, 1.807) is 6.92 Å². The zero-order chi connectivity index (χ0) is 10.8. The molecule has 0 radical (unpaired) electrons. The number of hydrogen-bond donors (Lipinski definition) is 2. The van der Waals surface area contributed by atoms with Crippen molar-refractivity contribution in [1.29, 1.82) is 0 Å². The number of amides is 1. The molecule has 0 aliphatic carbocycles. The summed E-state index contributed by atoms with van der Waals surface area (Å²) in [5.74, 6) is -1.03. The molecule has 1 amide bonds. The van der Waals surface area contributed by atoms with E-state index in [0.29, 0.717) is 5.69 Å². The molecule has 0 atom stereocenters. The Hall–Kier alpha value is -1.53. The maximum absolute atomic E-state index is 11.7. The molecule has 0 aliphatic rings. The van der Waals surface area contributed by atoms with Crippen molar-refractivity contribution in [2.75, 3.05) is 5.32 Å². The van der Waals surface area contributed by atoms with Crippen molar-refractivity contribution in [2.24, 2.45) is 0 Å². The summed E-state index contributed by atoms with van der Waals surface area (Å²) in [6.45, 7) is 1.67. The quantitative estimate of drug-likeness (QED) is 0.773. The number of H-pyrrole nitrogens is 1. The van der Waals surface area contributed by atoms with Crippen molar-refractivity contribution in [3.63, 3.8) is 0 Å². The highest BCUT2D eigenvalue weighted by Gasteiger charge is 2.31. The molecule has 1 rings (SSSR count). The fourth-order valence-corrected chi connectivity index (χ4v) is 0.851. The van der Waals surface area contributed by atoms with E-state index in [4.69, 9.17) is 0 Å². The summed E-state index contributed by atoms with van der Waals surface area (Å²) in [6.07, 6.45) is -5.99. The van der Waals surface area contributed by atoms with Crippen molar-refractivity contribution >= 4 is 11.7 Å². The van der Waals surface area contributed by atoms with Gasteiger partial charge >= 0.3 is 6.18 Å². The predicted molar refractivity (Wildman–Crippen MR) is 42.6 cm³/mol. The van der Waals surface area contributed by atoms with Crippen LogP contribution in [0, 0.1) is 6.92 Å². The minimum absolute atomic E-state index is 0.0942. The van der Waals surface area contributed by atoms with E-state index < -0.39 is 18.5 Å². The molecule has 0 fully saturated rings. The van der Waals surface area contributed by atoms with Gasteiger partial charge in [-0.05, 0) is 6.92 Å². The summed E-state index contributed by atoms with van der Waals surface area (Å²) >= 11 is 0. The van der Waals surface area contributed by atoms with Gasteiger partial charge in [0.15, 0.2) is 5.82 Å². The number of carbonyl (C=O) groups is 1. The molecule has 0 bridgehead atoms. The number of nitrogens with zero attached hydrogens (tertiary/aromatic N) is 1. The van der Waals surface area contributed by atoms with E-state index >= 15 is 0 Å². The van der Waals surface area contributed by atoms with Gasteiger partial charge in [0.1, 0.15) is 6.42 Å². The van der Waals surface area contributed by atoms with E-state index in [-0.39, 0.29) is 5.82 Å². The number of hydrogen-bond acceptors (Lipinski definition) is 2. The molecule has 1 heterocycles. The Labute approximate surface area is 77.5 Å². The summed E-state index contributed by atoms with van der Waals surface area (Å²) in [5.41, 5.74) is 0.660. The van der Waals surface area contributed by atoms with Crippen LogP contribution < -0.4 is 5.32 Å². The summed E-state index contributed by atoms with van der Waals surface area (Å²) in [5, 5.41) is 8.07. The average Bonchev–Trinajstić information content (AvgIpc) is 2.30. The molecule has 1 aromatic heterocycles. The molecule has 0 spiro atoms. The smallest absolute Gasteiger partial charge is 0.309 e. The topological polar surface area (TPSA) is 57.8 Å². The molecule has 7 heteroatoms.